The van der Waals surface area contributed by atoms with Crippen LogP contribution in [-0.2, 0) is 0 Å². The van der Waals surface area contributed by atoms with Crippen LogP contribution < -0.4 is 26.0 Å². The number of ether oxygens (including phenoxy) is 1. The summed E-state index contributed by atoms with van der Waals surface area (Å²) in [5, 5.41) is 6.94. The first-order valence-electron chi connectivity index (χ1n) is 12.0. The highest BCUT2D eigenvalue weighted by molar-refractivity contribution is 6.01. The molecule has 0 aliphatic carbocycles. The number of hydrogen-bond donors (Lipinski definition) is 4. The average Bonchev–Trinajstić information content (AvgIpc) is 3.24. The number of benzene rings is 2. The lowest BCUT2D eigenvalue weighted by Gasteiger charge is -2.24. The van der Waals surface area contributed by atoms with Gasteiger partial charge in [-0.3, -0.25) is 4.79 Å². The molecule has 192 valence electrons. The number of methoxy groups -OCH3 is 1. The first-order chi connectivity index (χ1) is 17.9. The number of carbonyl (C=O) groups excluding carboxylic acids is 1. The second kappa shape index (κ2) is 10.3. The van der Waals surface area contributed by atoms with E-state index in [1.165, 1.54) is 12.1 Å². The van der Waals surface area contributed by atoms with E-state index in [4.69, 9.17) is 10.5 Å². The molecule has 1 fully saturated rings. The minimum atomic E-state index is -0.876. The van der Waals surface area contributed by atoms with Gasteiger partial charge in [-0.1, -0.05) is 6.07 Å². The van der Waals surface area contributed by atoms with Crippen LogP contribution in [0.4, 0.5) is 33.2 Å². The lowest BCUT2D eigenvalue weighted by atomic mass is 10.1. The Morgan fingerprint density at radius 3 is 2.76 bits per heavy atom. The molecule has 2 aromatic heterocycles. The summed E-state index contributed by atoms with van der Waals surface area (Å²) < 4.78 is 20.0. The third-order valence-electron chi connectivity index (χ3n) is 6.45. The quantitative estimate of drug-likeness (QED) is 0.299. The summed E-state index contributed by atoms with van der Waals surface area (Å²) in [5.41, 5.74) is 7.73. The van der Waals surface area contributed by atoms with Crippen LogP contribution >= 0.6 is 0 Å². The van der Waals surface area contributed by atoms with Crippen LogP contribution in [0.25, 0.3) is 11.0 Å². The molecule has 0 bridgehead atoms. The van der Waals surface area contributed by atoms with E-state index >= 15 is 0 Å². The molecular weight excluding hydrogens is 475 g/mol. The Kier molecular flexibility index (Phi) is 6.78. The van der Waals surface area contributed by atoms with E-state index in [9.17, 15) is 9.18 Å². The molecule has 37 heavy (non-hydrogen) atoms. The largest absolute Gasteiger partial charge is 0.494 e. The number of aromatic nitrogens is 3. The summed E-state index contributed by atoms with van der Waals surface area (Å²) >= 11 is 0. The van der Waals surface area contributed by atoms with Gasteiger partial charge in [-0.2, -0.15) is 9.97 Å². The molecule has 11 heteroatoms. The standard InChI is InChI=1S/C26H29FN8O2/c1-34-11-4-12-35(14-13-34)16-7-8-19(21(15-16)37-2)31-26-32-24-17(9-10-29-24)25(33-26)30-20-6-3-5-18(27)22(20)23(28)36/h3,5-10,15H,4,11-14H2,1-2H3,(H2,28,36)(H3,29,30,31,32,33). The van der Waals surface area contributed by atoms with Crippen LogP contribution in [-0.4, -0.2) is 66.1 Å². The molecule has 0 unspecified atom stereocenters. The molecule has 4 aromatic rings. The SMILES string of the molecule is COc1cc(N2CCCN(C)CC2)ccc1Nc1nc(Nc2cccc(F)c2C(N)=O)c2cc[nH]c2n1. The van der Waals surface area contributed by atoms with Crippen LogP contribution in [0, 0.1) is 5.82 Å². The Hall–Kier alpha value is -4.38. The Bertz CT molecular complexity index is 1440. The van der Waals surface area contributed by atoms with E-state index in [0.717, 1.165) is 38.3 Å². The molecule has 5 N–H and O–H groups in total. The number of primary amides is 1. The summed E-state index contributed by atoms with van der Waals surface area (Å²) in [6, 6.07) is 12.0. The van der Waals surface area contributed by atoms with E-state index in [1.54, 1.807) is 25.4 Å². The number of rotatable bonds is 7. The lowest BCUT2D eigenvalue weighted by Crippen LogP contribution is -2.28. The normalized spacial score (nSPS) is 14.4. The number of nitrogens with two attached hydrogens (primary N) is 1. The summed E-state index contributed by atoms with van der Waals surface area (Å²) in [6.45, 7) is 4.01. The van der Waals surface area contributed by atoms with Crippen molar-refractivity contribution in [3.8, 4) is 5.75 Å². The number of amides is 1. The second-order valence-electron chi connectivity index (χ2n) is 8.94. The van der Waals surface area contributed by atoms with Crippen LogP contribution in [0.5, 0.6) is 5.75 Å². The smallest absolute Gasteiger partial charge is 0.253 e. The highest BCUT2D eigenvalue weighted by atomic mass is 19.1. The molecule has 1 aliphatic heterocycles. The number of hydrogen-bond acceptors (Lipinski definition) is 8. The summed E-state index contributed by atoms with van der Waals surface area (Å²) in [6.07, 6.45) is 2.82. The van der Waals surface area contributed by atoms with Gasteiger partial charge in [0.1, 0.15) is 23.0 Å². The number of halogens is 1. The third-order valence-corrected chi connectivity index (χ3v) is 6.45. The number of nitrogens with zero attached hydrogens (tertiary/aromatic N) is 4. The molecule has 10 nitrogen and oxygen atoms in total. The van der Waals surface area contributed by atoms with Gasteiger partial charge in [0.25, 0.3) is 5.91 Å². The molecule has 0 spiro atoms. The zero-order valence-corrected chi connectivity index (χ0v) is 20.7. The fourth-order valence-corrected chi connectivity index (χ4v) is 4.50. The van der Waals surface area contributed by atoms with Crippen molar-refractivity contribution in [2.24, 2.45) is 5.73 Å². The summed E-state index contributed by atoms with van der Waals surface area (Å²) in [5.74, 6) is -0.265. The lowest BCUT2D eigenvalue weighted by molar-refractivity contribution is 0.0997. The van der Waals surface area contributed by atoms with Crippen molar-refractivity contribution in [2.45, 2.75) is 6.42 Å². The molecule has 0 radical (unpaired) electrons. The van der Waals surface area contributed by atoms with Crippen LogP contribution in [0.1, 0.15) is 16.8 Å². The molecular formula is C26H29FN8O2. The van der Waals surface area contributed by atoms with Crippen LogP contribution in [0.15, 0.2) is 48.7 Å². The van der Waals surface area contributed by atoms with Gasteiger partial charge in [-0.25, -0.2) is 4.39 Å². The number of anilines is 5. The molecule has 1 amide bonds. The van der Waals surface area contributed by atoms with Crippen molar-refractivity contribution in [3.05, 3.63) is 60.0 Å². The second-order valence-corrected chi connectivity index (χ2v) is 8.94. The Balaban J connectivity index is 1.45. The minimum Gasteiger partial charge on any atom is -0.494 e. The van der Waals surface area contributed by atoms with Gasteiger partial charge in [0.2, 0.25) is 5.95 Å². The maximum absolute atomic E-state index is 14.3. The Labute approximate surface area is 213 Å². The molecule has 5 rings (SSSR count). The summed E-state index contributed by atoms with van der Waals surface area (Å²) in [7, 11) is 3.77. The van der Waals surface area contributed by atoms with Gasteiger partial charge in [-0.05, 0) is 50.3 Å². The first kappa shape index (κ1) is 24.3. The number of aromatic amines is 1. The first-order valence-corrected chi connectivity index (χ1v) is 12.0. The number of likely N-dealkylation sites (N-methyl/N-ethyl adjacent to an activating group) is 1. The topological polar surface area (TPSA) is 124 Å². The highest BCUT2D eigenvalue weighted by Gasteiger charge is 2.18. The van der Waals surface area contributed by atoms with Crippen LogP contribution in [0.3, 0.4) is 0 Å². The van der Waals surface area contributed by atoms with E-state index < -0.39 is 11.7 Å². The van der Waals surface area contributed by atoms with Crippen LogP contribution in [0.2, 0.25) is 0 Å². The van der Waals surface area contributed by atoms with Crippen molar-refractivity contribution in [2.75, 3.05) is 55.9 Å². The van der Waals surface area contributed by atoms with E-state index in [0.29, 0.717) is 28.3 Å². The monoisotopic (exact) mass is 504 g/mol. The van der Waals surface area contributed by atoms with Gasteiger partial charge in [0, 0.05) is 37.6 Å². The zero-order chi connectivity index (χ0) is 25.9. The van der Waals surface area contributed by atoms with E-state index in [2.05, 4.69) is 42.4 Å². The molecule has 3 heterocycles. The predicted octanol–water partition coefficient (Wildman–Crippen LogP) is 3.83. The number of H-pyrrole nitrogens is 1. The maximum Gasteiger partial charge on any atom is 0.253 e. The van der Waals surface area contributed by atoms with Crippen molar-refractivity contribution in [3.63, 3.8) is 0 Å². The van der Waals surface area contributed by atoms with Gasteiger partial charge in [0.15, 0.2) is 0 Å². The number of fused-ring (bicyclic) bond motifs is 1. The van der Waals surface area contributed by atoms with Crippen molar-refractivity contribution in [1.29, 1.82) is 0 Å². The van der Waals surface area contributed by atoms with E-state index in [-0.39, 0.29) is 17.2 Å². The molecule has 0 atom stereocenters. The summed E-state index contributed by atoms with van der Waals surface area (Å²) in [4.78, 5) is 28.8. The zero-order valence-electron chi connectivity index (χ0n) is 20.7. The fraction of sp³-hybridized carbons (Fsp3) is 0.269. The number of carbonyl (C=O) groups is 1. The molecule has 2 aromatic carbocycles. The fourth-order valence-electron chi connectivity index (χ4n) is 4.50. The third kappa shape index (κ3) is 5.12. The van der Waals surface area contributed by atoms with Gasteiger partial charge >= 0.3 is 0 Å². The van der Waals surface area contributed by atoms with Gasteiger partial charge in [-0.15, -0.1) is 0 Å². The Morgan fingerprint density at radius 1 is 1.08 bits per heavy atom. The van der Waals surface area contributed by atoms with E-state index in [1.807, 2.05) is 18.2 Å². The van der Waals surface area contributed by atoms with Crippen molar-refractivity contribution < 1.29 is 13.9 Å². The maximum atomic E-state index is 14.3. The van der Waals surface area contributed by atoms with Crippen molar-refractivity contribution >= 4 is 45.8 Å². The predicted molar refractivity (Wildman–Crippen MR) is 143 cm³/mol. The minimum absolute atomic E-state index is 0.213. The van der Waals surface area contributed by atoms with Crippen molar-refractivity contribution in [1.82, 2.24) is 19.9 Å². The van der Waals surface area contributed by atoms with Gasteiger partial charge in [0.05, 0.1) is 29.4 Å². The number of nitrogens with one attached hydrogen (secondary N) is 3. The molecule has 1 aliphatic rings. The van der Waals surface area contributed by atoms with Gasteiger partial charge < -0.3 is 35.9 Å². The average molecular weight is 505 g/mol. The highest BCUT2D eigenvalue weighted by Crippen LogP contribution is 2.33. The molecule has 0 saturated carbocycles. The molecule has 1 saturated heterocycles. The Morgan fingerprint density at radius 2 is 1.95 bits per heavy atom.